The van der Waals surface area contributed by atoms with Gasteiger partial charge in [0.05, 0.1) is 0 Å². The fraction of sp³-hybridized carbons (Fsp3) is 0.500. The number of benzene rings is 1. The first-order chi connectivity index (χ1) is 8.17. The molecule has 1 aromatic rings. The van der Waals surface area contributed by atoms with Crippen LogP contribution in [0.2, 0.25) is 5.02 Å². The van der Waals surface area contributed by atoms with Crippen LogP contribution in [0.15, 0.2) is 24.3 Å². The Balaban J connectivity index is 2.35. The number of amides is 1. The number of nitrogens with one attached hydrogen (secondary N) is 1. The first kappa shape index (κ1) is 14.0. The molecular formula is C14H20ClNO. The van der Waals surface area contributed by atoms with E-state index >= 15 is 0 Å². The van der Waals surface area contributed by atoms with Gasteiger partial charge in [-0.15, -0.1) is 0 Å². The Kier molecular flexibility index (Phi) is 6.06. The first-order valence-corrected chi connectivity index (χ1v) is 6.57. The molecule has 0 unspecified atom stereocenters. The Bertz CT molecular complexity index is 361. The second-order valence-corrected chi connectivity index (χ2v) is 4.62. The monoisotopic (exact) mass is 253 g/mol. The zero-order chi connectivity index (χ0) is 12.7. The molecule has 94 valence electrons. The molecule has 17 heavy (non-hydrogen) atoms. The largest absolute Gasteiger partial charge is 0.356 e. The second kappa shape index (κ2) is 7.33. The summed E-state index contributed by atoms with van der Waals surface area (Å²) >= 11 is 5.89. The lowest BCUT2D eigenvalue weighted by Gasteiger charge is -2.12. The van der Waals surface area contributed by atoms with Gasteiger partial charge in [0.2, 0.25) is 5.91 Å². The molecule has 0 aromatic heterocycles. The molecule has 0 fully saturated rings. The molecule has 0 aliphatic carbocycles. The first-order valence-electron chi connectivity index (χ1n) is 6.19. The third kappa shape index (κ3) is 4.78. The lowest BCUT2D eigenvalue weighted by Crippen LogP contribution is -2.31. The van der Waals surface area contributed by atoms with Crippen molar-refractivity contribution < 1.29 is 4.79 Å². The van der Waals surface area contributed by atoms with Crippen molar-refractivity contribution in [3.8, 4) is 0 Å². The van der Waals surface area contributed by atoms with Crippen molar-refractivity contribution >= 4 is 17.5 Å². The van der Waals surface area contributed by atoms with Crippen molar-refractivity contribution in [1.82, 2.24) is 5.32 Å². The van der Waals surface area contributed by atoms with E-state index in [-0.39, 0.29) is 11.8 Å². The van der Waals surface area contributed by atoms with Crippen molar-refractivity contribution in [2.45, 2.75) is 33.1 Å². The highest BCUT2D eigenvalue weighted by Crippen LogP contribution is 2.11. The molecule has 0 spiro atoms. The van der Waals surface area contributed by atoms with Gasteiger partial charge in [-0.25, -0.2) is 0 Å². The number of halogens is 1. The van der Waals surface area contributed by atoms with Crippen LogP contribution in [0.4, 0.5) is 0 Å². The summed E-state index contributed by atoms with van der Waals surface area (Å²) in [6, 6.07) is 7.74. The second-order valence-electron chi connectivity index (χ2n) is 4.18. The van der Waals surface area contributed by atoms with E-state index in [1.54, 1.807) is 0 Å². The zero-order valence-electron chi connectivity index (χ0n) is 10.5. The van der Waals surface area contributed by atoms with Crippen LogP contribution in [0.25, 0.3) is 0 Å². The Morgan fingerprint density at radius 3 is 2.65 bits per heavy atom. The minimum atomic E-state index is 0.148. The third-order valence-electron chi connectivity index (χ3n) is 2.96. The summed E-state index contributed by atoms with van der Waals surface area (Å²) < 4.78 is 0. The molecule has 0 saturated carbocycles. The summed E-state index contributed by atoms with van der Waals surface area (Å²) in [5.41, 5.74) is 1.15. The quantitative estimate of drug-likeness (QED) is 0.827. The number of carbonyl (C=O) groups excluding carboxylic acids is 1. The molecule has 1 rings (SSSR count). The van der Waals surface area contributed by atoms with Crippen molar-refractivity contribution in [3.63, 3.8) is 0 Å². The summed E-state index contributed by atoms with van der Waals surface area (Å²) in [4.78, 5) is 11.7. The van der Waals surface area contributed by atoms with Crippen molar-refractivity contribution in [2.24, 2.45) is 5.92 Å². The van der Waals surface area contributed by atoms with Gasteiger partial charge in [-0.1, -0.05) is 37.6 Å². The van der Waals surface area contributed by atoms with Gasteiger partial charge >= 0.3 is 0 Å². The summed E-state index contributed by atoms with van der Waals surface area (Å²) in [5, 5.41) is 3.71. The highest BCUT2D eigenvalue weighted by molar-refractivity contribution is 6.30. The highest BCUT2D eigenvalue weighted by atomic mass is 35.5. The van der Waals surface area contributed by atoms with Gasteiger partial charge in [0.25, 0.3) is 0 Å². The molecular weight excluding hydrogens is 234 g/mol. The van der Waals surface area contributed by atoms with E-state index in [0.717, 1.165) is 29.8 Å². The molecule has 0 bridgehead atoms. The van der Waals surface area contributed by atoms with E-state index in [1.165, 1.54) is 0 Å². The van der Waals surface area contributed by atoms with E-state index in [0.29, 0.717) is 6.54 Å². The van der Waals surface area contributed by atoms with Crippen LogP contribution in [0, 0.1) is 5.92 Å². The summed E-state index contributed by atoms with van der Waals surface area (Å²) in [6.07, 6.45) is 2.63. The van der Waals surface area contributed by atoms with Crippen molar-refractivity contribution in [2.75, 3.05) is 6.54 Å². The summed E-state index contributed by atoms with van der Waals surface area (Å²) in [7, 11) is 0. The Hall–Kier alpha value is -1.02. The van der Waals surface area contributed by atoms with Crippen LogP contribution in [0.5, 0.6) is 0 Å². The maximum atomic E-state index is 11.7. The van der Waals surface area contributed by atoms with Crippen LogP contribution in [0.1, 0.15) is 32.3 Å². The molecule has 0 aliphatic heterocycles. The third-order valence-corrected chi connectivity index (χ3v) is 3.19. The van der Waals surface area contributed by atoms with Crippen LogP contribution in [-0.4, -0.2) is 12.5 Å². The fourth-order valence-electron chi connectivity index (χ4n) is 1.83. The van der Waals surface area contributed by atoms with Gasteiger partial charge in [0, 0.05) is 17.5 Å². The molecule has 0 heterocycles. The predicted octanol–water partition coefficient (Wildman–Crippen LogP) is 3.43. The molecule has 1 N–H and O–H groups in total. The predicted molar refractivity (Wildman–Crippen MR) is 72.2 cm³/mol. The maximum absolute atomic E-state index is 11.7. The lowest BCUT2D eigenvalue weighted by molar-refractivity contribution is -0.125. The van der Waals surface area contributed by atoms with Gasteiger partial charge in [-0.3, -0.25) is 4.79 Å². The van der Waals surface area contributed by atoms with Crippen molar-refractivity contribution in [3.05, 3.63) is 34.9 Å². The number of rotatable bonds is 6. The number of hydrogen-bond donors (Lipinski definition) is 1. The molecule has 1 amide bonds. The van der Waals surface area contributed by atoms with E-state index in [4.69, 9.17) is 11.6 Å². The lowest BCUT2D eigenvalue weighted by atomic mass is 10.0. The standard InChI is InChI=1S/C14H20ClNO/c1-3-12(4-2)14(17)16-9-8-11-6-5-7-13(15)10-11/h5-7,10,12H,3-4,8-9H2,1-2H3,(H,16,17). The van der Waals surface area contributed by atoms with Gasteiger partial charge in [-0.2, -0.15) is 0 Å². The fourth-order valence-corrected chi connectivity index (χ4v) is 2.04. The molecule has 2 nitrogen and oxygen atoms in total. The van der Waals surface area contributed by atoms with E-state index < -0.39 is 0 Å². The maximum Gasteiger partial charge on any atom is 0.223 e. The topological polar surface area (TPSA) is 29.1 Å². The molecule has 0 saturated heterocycles. The highest BCUT2D eigenvalue weighted by Gasteiger charge is 2.12. The summed E-state index contributed by atoms with van der Waals surface area (Å²) in [5.74, 6) is 0.311. The minimum absolute atomic E-state index is 0.148. The van der Waals surface area contributed by atoms with Crippen molar-refractivity contribution in [1.29, 1.82) is 0 Å². The number of carbonyl (C=O) groups is 1. The molecule has 3 heteroatoms. The van der Waals surface area contributed by atoms with Crippen LogP contribution in [-0.2, 0) is 11.2 Å². The SMILES string of the molecule is CCC(CC)C(=O)NCCc1cccc(Cl)c1. The zero-order valence-corrected chi connectivity index (χ0v) is 11.3. The Morgan fingerprint density at radius 2 is 2.06 bits per heavy atom. The Labute approximate surface area is 108 Å². The van der Waals surface area contributed by atoms with Gasteiger partial charge in [0.15, 0.2) is 0 Å². The number of hydrogen-bond acceptors (Lipinski definition) is 1. The van der Waals surface area contributed by atoms with Gasteiger partial charge in [-0.05, 0) is 37.0 Å². The van der Waals surface area contributed by atoms with E-state index in [1.807, 2.05) is 38.1 Å². The Morgan fingerprint density at radius 1 is 1.35 bits per heavy atom. The molecule has 1 aromatic carbocycles. The summed E-state index contributed by atoms with van der Waals surface area (Å²) in [6.45, 7) is 4.77. The smallest absolute Gasteiger partial charge is 0.223 e. The average Bonchev–Trinajstić information content (AvgIpc) is 2.30. The van der Waals surface area contributed by atoms with E-state index in [2.05, 4.69) is 5.32 Å². The molecule has 0 aliphatic rings. The van der Waals surface area contributed by atoms with E-state index in [9.17, 15) is 4.79 Å². The molecule has 0 radical (unpaired) electrons. The van der Waals surface area contributed by atoms with Gasteiger partial charge in [0.1, 0.15) is 0 Å². The normalized spacial score (nSPS) is 10.6. The molecule has 0 atom stereocenters. The van der Waals surface area contributed by atoms with Crippen LogP contribution in [0.3, 0.4) is 0 Å². The minimum Gasteiger partial charge on any atom is -0.356 e. The average molecular weight is 254 g/mol. The van der Waals surface area contributed by atoms with Crippen LogP contribution >= 0.6 is 11.6 Å². The van der Waals surface area contributed by atoms with Gasteiger partial charge < -0.3 is 5.32 Å². The van der Waals surface area contributed by atoms with Crippen LogP contribution < -0.4 is 5.32 Å².